The van der Waals surface area contributed by atoms with E-state index < -0.39 is 24.6 Å². The van der Waals surface area contributed by atoms with Gasteiger partial charge in [0.15, 0.2) is 0 Å². The molecule has 0 fully saturated rings. The number of aliphatic hydroxyl groups excluding tert-OH is 2. The molecule has 2 aromatic rings. The molecule has 6 heteroatoms. The lowest BCUT2D eigenvalue weighted by Crippen LogP contribution is -2.19. The highest BCUT2D eigenvalue weighted by Crippen LogP contribution is 2.40. The fourth-order valence-corrected chi connectivity index (χ4v) is 4.21. The molecule has 1 aliphatic rings. The molecule has 0 radical (unpaired) electrons. The Balaban J connectivity index is 2.06. The Morgan fingerprint density at radius 2 is 1.94 bits per heavy atom. The molecule has 0 saturated carbocycles. The van der Waals surface area contributed by atoms with Gasteiger partial charge in [0.25, 0.3) is 0 Å². The molecule has 0 spiro atoms. The highest BCUT2D eigenvalue weighted by atomic mass is 19.1. The first-order valence-corrected chi connectivity index (χ1v) is 10.6. The molecule has 1 heterocycles. The molecule has 0 bridgehead atoms. The predicted molar refractivity (Wildman–Crippen MR) is 120 cm³/mol. The van der Waals surface area contributed by atoms with Crippen LogP contribution in [0.1, 0.15) is 56.6 Å². The zero-order valence-corrected chi connectivity index (χ0v) is 18.1. The van der Waals surface area contributed by atoms with E-state index >= 15 is 0 Å². The van der Waals surface area contributed by atoms with Crippen LogP contribution in [0.4, 0.5) is 4.39 Å². The summed E-state index contributed by atoms with van der Waals surface area (Å²) in [6.45, 7) is 6.33. The Morgan fingerprint density at radius 1 is 1.26 bits per heavy atom. The van der Waals surface area contributed by atoms with Crippen LogP contribution < -0.4 is 0 Å². The van der Waals surface area contributed by atoms with Gasteiger partial charge in [0.1, 0.15) is 5.82 Å². The highest BCUT2D eigenvalue weighted by molar-refractivity contribution is 5.82. The van der Waals surface area contributed by atoms with Crippen LogP contribution >= 0.6 is 0 Å². The van der Waals surface area contributed by atoms with Gasteiger partial charge in [-0.05, 0) is 61.6 Å². The van der Waals surface area contributed by atoms with Gasteiger partial charge in [0, 0.05) is 29.4 Å². The second-order valence-electron chi connectivity index (χ2n) is 8.55. The third-order valence-electron chi connectivity index (χ3n) is 5.54. The van der Waals surface area contributed by atoms with Crippen molar-refractivity contribution in [3.8, 4) is 11.1 Å². The van der Waals surface area contributed by atoms with Gasteiger partial charge in [-0.15, -0.1) is 0 Å². The van der Waals surface area contributed by atoms with Crippen molar-refractivity contribution in [2.75, 3.05) is 0 Å². The first-order valence-electron chi connectivity index (χ1n) is 10.6. The third kappa shape index (κ3) is 5.32. The average molecular weight is 428 g/mol. The SMILES string of the molecule is CC1C=Cc2c(c(-c3ccc(F)cc3)c(/C=C/C(O)CC(O)CC(=O)O)n2C(C)C)C1. The number of aromatic nitrogens is 1. The summed E-state index contributed by atoms with van der Waals surface area (Å²) in [5.74, 6) is -1.03. The van der Waals surface area contributed by atoms with Crippen LogP contribution in [0.25, 0.3) is 23.3 Å². The van der Waals surface area contributed by atoms with Gasteiger partial charge in [0.2, 0.25) is 0 Å². The van der Waals surface area contributed by atoms with E-state index in [1.54, 1.807) is 18.2 Å². The van der Waals surface area contributed by atoms with Crippen LogP contribution in [0.5, 0.6) is 0 Å². The van der Waals surface area contributed by atoms with E-state index in [1.807, 2.05) is 6.08 Å². The van der Waals surface area contributed by atoms with Crippen molar-refractivity contribution in [3.63, 3.8) is 0 Å². The van der Waals surface area contributed by atoms with Crippen molar-refractivity contribution in [2.45, 2.75) is 58.3 Å². The maximum Gasteiger partial charge on any atom is 0.305 e. The van der Waals surface area contributed by atoms with E-state index in [9.17, 15) is 19.4 Å². The second-order valence-corrected chi connectivity index (χ2v) is 8.55. The number of fused-ring (bicyclic) bond motifs is 1. The number of nitrogens with zero attached hydrogens (tertiary/aromatic N) is 1. The van der Waals surface area contributed by atoms with Crippen LogP contribution in [-0.2, 0) is 11.2 Å². The van der Waals surface area contributed by atoms with Crippen LogP contribution in [0.15, 0.2) is 36.4 Å². The molecule has 3 atom stereocenters. The van der Waals surface area contributed by atoms with E-state index in [4.69, 9.17) is 5.11 Å². The topological polar surface area (TPSA) is 82.7 Å². The number of halogens is 1. The average Bonchev–Trinajstić information content (AvgIpc) is 2.99. The Bertz CT molecular complexity index is 988. The summed E-state index contributed by atoms with van der Waals surface area (Å²) in [6.07, 6.45) is 6.00. The van der Waals surface area contributed by atoms with E-state index in [-0.39, 0.29) is 18.3 Å². The maximum atomic E-state index is 13.6. The lowest BCUT2D eigenvalue weighted by atomic mass is 9.89. The van der Waals surface area contributed by atoms with Gasteiger partial charge in [-0.2, -0.15) is 0 Å². The summed E-state index contributed by atoms with van der Waals surface area (Å²) in [6, 6.07) is 6.57. The summed E-state index contributed by atoms with van der Waals surface area (Å²) in [4.78, 5) is 10.8. The molecular weight excluding hydrogens is 397 g/mol. The molecule has 0 saturated heterocycles. The molecule has 1 aliphatic carbocycles. The molecule has 166 valence electrons. The Hall–Kier alpha value is -2.70. The van der Waals surface area contributed by atoms with Crippen LogP contribution in [-0.4, -0.2) is 38.1 Å². The van der Waals surface area contributed by atoms with Gasteiger partial charge in [-0.3, -0.25) is 4.79 Å². The number of allylic oxidation sites excluding steroid dienone is 1. The summed E-state index contributed by atoms with van der Waals surface area (Å²) in [5, 5.41) is 29.0. The Labute approximate surface area is 182 Å². The maximum absolute atomic E-state index is 13.6. The molecule has 5 nitrogen and oxygen atoms in total. The van der Waals surface area contributed by atoms with E-state index in [2.05, 4.69) is 37.5 Å². The van der Waals surface area contributed by atoms with Gasteiger partial charge in [-0.1, -0.05) is 31.2 Å². The predicted octanol–water partition coefficient (Wildman–Crippen LogP) is 4.68. The van der Waals surface area contributed by atoms with Gasteiger partial charge >= 0.3 is 5.97 Å². The lowest BCUT2D eigenvalue weighted by Gasteiger charge is -2.18. The number of hydrogen-bond donors (Lipinski definition) is 3. The fourth-order valence-electron chi connectivity index (χ4n) is 4.21. The summed E-state index contributed by atoms with van der Waals surface area (Å²) >= 11 is 0. The summed E-state index contributed by atoms with van der Waals surface area (Å²) in [5.41, 5.74) is 5.11. The zero-order valence-electron chi connectivity index (χ0n) is 18.1. The third-order valence-corrected chi connectivity index (χ3v) is 5.54. The minimum absolute atomic E-state index is 0.0618. The zero-order chi connectivity index (χ0) is 22.7. The van der Waals surface area contributed by atoms with Gasteiger partial charge in [-0.25, -0.2) is 4.39 Å². The number of benzene rings is 1. The second kappa shape index (κ2) is 9.62. The van der Waals surface area contributed by atoms with Gasteiger partial charge in [0.05, 0.1) is 18.6 Å². The number of hydrogen-bond acceptors (Lipinski definition) is 3. The van der Waals surface area contributed by atoms with Crippen molar-refractivity contribution in [1.82, 2.24) is 4.57 Å². The largest absolute Gasteiger partial charge is 0.481 e. The van der Waals surface area contributed by atoms with Crippen LogP contribution in [0, 0.1) is 11.7 Å². The quantitative estimate of drug-likeness (QED) is 0.571. The number of carboxylic acid groups (broad SMARTS) is 1. The van der Waals surface area contributed by atoms with Crippen molar-refractivity contribution < 1.29 is 24.5 Å². The monoisotopic (exact) mass is 427 g/mol. The van der Waals surface area contributed by atoms with E-state index in [0.29, 0.717) is 5.92 Å². The smallest absolute Gasteiger partial charge is 0.305 e. The summed E-state index contributed by atoms with van der Waals surface area (Å²) < 4.78 is 15.8. The molecule has 3 N–H and O–H groups in total. The van der Waals surface area contributed by atoms with E-state index in [1.165, 1.54) is 17.7 Å². The minimum Gasteiger partial charge on any atom is -0.481 e. The molecule has 3 rings (SSSR count). The molecule has 1 aromatic carbocycles. The van der Waals surface area contributed by atoms with Crippen LogP contribution in [0.2, 0.25) is 0 Å². The number of rotatable bonds is 8. The Kier molecular flexibility index (Phi) is 7.13. The minimum atomic E-state index is -1.12. The molecule has 0 amide bonds. The number of aliphatic carboxylic acids is 1. The summed E-state index contributed by atoms with van der Waals surface area (Å²) in [7, 11) is 0. The molecule has 0 aliphatic heterocycles. The van der Waals surface area contributed by atoms with E-state index in [0.717, 1.165) is 28.9 Å². The molecule has 31 heavy (non-hydrogen) atoms. The normalized spacial score (nSPS) is 17.8. The van der Waals surface area contributed by atoms with Crippen molar-refractivity contribution in [1.29, 1.82) is 0 Å². The molecule has 3 unspecified atom stereocenters. The number of carboxylic acids is 1. The van der Waals surface area contributed by atoms with Crippen LogP contribution in [0.3, 0.4) is 0 Å². The Morgan fingerprint density at radius 3 is 2.55 bits per heavy atom. The van der Waals surface area contributed by atoms with Crippen molar-refractivity contribution in [2.24, 2.45) is 5.92 Å². The molecular formula is C25H30FNO4. The standard InChI is InChI=1S/C25H30FNO4/c1-15(2)27-22-10-4-16(3)12-21(22)25(17-5-7-18(26)8-6-17)23(27)11-9-19(28)13-20(29)14-24(30)31/h4-11,15-16,19-20,28-29H,12-14H2,1-3H3,(H,30,31)/b11-9+. The first kappa shape index (κ1) is 23.0. The van der Waals surface area contributed by atoms with Gasteiger partial charge < -0.3 is 19.9 Å². The molecule has 1 aromatic heterocycles. The highest BCUT2D eigenvalue weighted by Gasteiger charge is 2.26. The van der Waals surface area contributed by atoms with Crippen molar-refractivity contribution >= 4 is 18.1 Å². The number of carbonyl (C=O) groups is 1. The fraction of sp³-hybridized carbons (Fsp3) is 0.400. The number of aliphatic hydroxyl groups is 2. The first-order chi connectivity index (χ1) is 14.7. The van der Waals surface area contributed by atoms with Crippen molar-refractivity contribution in [3.05, 3.63) is 59.2 Å². The lowest BCUT2D eigenvalue weighted by molar-refractivity contribution is -0.139.